The van der Waals surface area contributed by atoms with E-state index in [0.29, 0.717) is 17.4 Å². The van der Waals surface area contributed by atoms with E-state index in [-0.39, 0.29) is 32.7 Å². The van der Waals surface area contributed by atoms with E-state index in [9.17, 15) is 0 Å². The average molecular weight is 569 g/mol. The van der Waals surface area contributed by atoms with E-state index in [4.69, 9.17) is 5.73 Å². The van der Waals surface area contributed by atoms with Crippen LogP contribution in [0.15, 0.2) is 85.5 Å². The first-order valence-corrected chi connectivity index (χ1v) is 11.7. The molecule has 190 valence electrons. The predicted molar refractivity (Wildman–Crippen MR) is 150 cm³/mol. The Labute approximate surface area is 229 Å². The second-order valence-electron chi connectivity index (χ2n) is 9.06. The molecule has 6 heteroatoms. The zero-order chi connectivity index (χ0) is 24.5. The monoisotopic (exact) mass is 569 g/mol. The van der Waals surface area contributed by atoms with Gasteiger partial charge in [0.05, 0.1) is 17.4 Å². The van der Waals surface area contributed by atoms with Gasteiger partial charge in [-0.2, -0.15) is 0 Å². The molecule has 0 saturated heterocycles. The molecule has 2 aromatic carbocycles. The Balaban J connectivity index is 0.000000305. The van der Waals surface area contributed by atoms with Crippen LogP contribution in [0.5, 0.6) is 0 Å². The van der Waals surface area contributed by atoms with Gasteiger partial charge in [-0.3, -0.25) is 4.98 Å². The van der Waals surface area contributed by atoms with Gasteiger partial charge in [0.15, 0.2) is 0 Å². The molecule has 0 aliphatic carbocycles. The predicted octanol–water partition coefficient (Wildman–Crippen LogP) is 8.57. The summed E-state index contributed by atoms with van der Waals surface area (Å²) in [6.07, 6.45) is 5.32. The molecule has 1 N–H and O–H groups in total. The van der Waals surface area contributed by atoms with Gasteiger partial charge in [0, 0.05) is 24.3 Å². The van der Waals surface area contributed by atoms with E-state index in [1.54, 1.807) is 12.4 Å². The van der Waals surface area contributed by atoms with Gasteiger partial charge in [-0.05, 0) is 47.8 Å². The Morgan fingerprint density at radius 1 is 0.861 bits per heavy atom. The summed E-state index contributed by atoms with van der Waals surface area (Å²) < 4.78 is 2.13. The molecular formula is C30H37N5Ru. The number of fused-ring (bicyclic) bond motifs is 3. The van der Waals surface area contributed by atoms with Crippen molar-refractivity contribution < 1.29 is 19.5 Å². The Morgan fingerprint density at radius 3 is 2.03 bits per heavy atom. The summed E-state index contributed by atoms with van der Waals surface area (Å²) in [5.41, 5.74) is 13.3. The van der Waals surface area contributed by atoms with Crippen molar-refractivity contribution in [3.63, 3.8) is 0 Å². The van der Waals surface area contributed by atoms with Gasteiger partial charge in [0.25, 0.3) is 0 Å². The number of hydrogen-bond donors (Lipinski definition) is 0. The van der Waals surface area contributed by atoms with Crippen LogP contribution in [0, 0.1) is 20.3 Å². The zero-order valence-electron chi connectivity index (χ0n) is 22.1. The van der Waals surface area contributed by atoms with Gasteiger partial charge in [-0.1, -0.05) is 87.9 Å². The van der Waals surface area contributed by atoms with Crippen LogP contribution >= 0.6 is 0 Å². The number of pyridine rings is 2. The van der Waals surface area contributed by atoms with Crippen LogP contribution in [0.25, 0.3) is 27.7 Å². The van der Waals surface area contributed by atoms with E-state index in [1.165, 1.54) is 11.1 Å². The molecule has 0 bridgehead atoms. The van der Waals surface area contributed by atoms with E-state index in [1.807, 2.05) is 48.8 Å². The van der Waals surface area contributed by atoms with E-state index in [0.717, 1.165) is 23.0 Å². The summed E-state index contributed by atoms with van der Waals surface area (Å²) in [7, 11) is 0. The number of aryl methyl sites for hydroxylation is 1. The number of nitrogens with one attached hydrogen (secondary N) is 1. The number of imidazole rings is 1. The molecule has 5 rings (SSSR count). The summed E-state index contributed by atoms with van der Waals surface area (Å²) in [4.78, 5) is 12.4. The minimum Gasteiger partial charge on any atom is -0.480 e. The first-order valence-electron chi connectivity index (χ1n) is 11.7. The molecule has 0 fully saturated rings. The molecule has 3 aromatic heterocycles. The van der Waals surface area contributed by atoms with Gasteiger partial charge >= 0.3 is 19.5 Å². The third kappa shape index (κ3) is 8.53. The Morgan fingerprint density at radius 2 is 1.50 bits per heavy atom. The fourth-order valence-corrected chi connectivity index (χ4v) is 3.58. The largest absolute Gasteiger partial charge is 2.00 e. The minimum atomic E-state index is 0. The number of rotatable bonds is 3. The van der Waals surface area contributed by atoms with Crippen LogP contribution < -0.4 is 0 Å². The van der Waals surface area contributed by atoms with E-state index < -0.39 is 0 Å². The molecule has 0 radical (unpaired) electrons. The second-order valence-corrected chi connectivity index (χ2v) is 9.06. The summed E-state index contributed by atoms with van der Waals surface area (Å²) in [6, 6.07) is 22.4. The first-order chi connectivity index (χ1) is 16.4. The van der Waals surface area contributed by atoms with Crippen molar-refractivity contribution in [2.75, 3.05) is 0 Å². The van der Waals surface area contributed by atoms with E-state index >= 15 is 0 Å². The number of aromatic nitrogens is 4. The van der Waals surface area contributed by atoms with Crippen LogP contribution in [0.3, 0.4) is 0 Å². The maximum atomic E-state index is 7.95. The van der Waals surface area contributed by atoms with Gasteiger partial charge in [0.1, 0.15) is 0 Å². The topological polar surface area (TPSA) is 67.4 Å². The molecule has 36 heavy (non-hydrogen) atoms. The first kappa shape index (κ1) is 30.9. The molecule has 0 aliphatic rings. The molecular weight excluding hydrogens is 531 g/mol. The van der Waals surface area contributed by atoms with Gasteiger partial charge in [0.2, 0.25) is 0 Å². The number of para-hydroxylation sites is 1. The summed E-state index contributed by atoms with van der Waals surface area (Å²) in [5.74, 6) is 1.45. The Hall–Kier alpha value is -3.11. The Bertz CT molecular complexity index is 1270. The molecule has 5 aromatic rings. The molecule has 5 nitrogen and oxygen atoms in total. The maximum absolute atomic E-state index is 7.95. The normalized spacial score (nSPS) is 10.1. The van der Waals surface area contributed by atoms with Crippen molar-refractivity contribution in [1.29, 1.82) is 0 Å². The van der Waals surface area contributed by atoms with Gasteiger partial charge in [-0.15, -0.1) is 0 Å². The van der Waals surface area contributed by atoms with Crippen LogP contribution in [0.1, 0.15) is 44.7 Å². The third-order valence-electron chi connectivity index (χ3n) is 5.33. The van der Waals surface area contributed by atoms with Crippen LogP contribution in [0.4, 0.5) is 5.82 Å². The Kier molecular flexibility index (Phi) is 13.0. The van der Waals surface area contributed by atoms with Crippen LogP contribution in [-0.2, 0) is 26.0 Å². The van der Waals surface area contributed by atoms with Crippen LogP contribution in [-0.4, -0.2) is 19.5 Å². The molecule has 0 amide bonds. The number of hydrogen-bond acceptors (Lipinski definition) is 3. The number of nitrogens with zero attached hydrogens (tertiary/aromatic N) is 4. The fourth-order valence-electron chi connectivity index (χ4n) is 3.58. The quantitative estimate of drug-likeness (QED) is 0.162. The number of benzene rings is 2. The smallest absolute Gasteiger partial charge is 0.480 e. The fraction of sp³-hybridized carbons (Fsp3) is 0.267. The zero-order valence-corrected chi connectivity index (χ0v) is 23.8. The molecule has 0 saturated carbocycles. The van der Waals surface area contributed by atoms with Crippen molar-refractivity contribution in [3.05, 3.63) is 110 Å². The molecule has 0 aliphatic heterocycles. The summed E-state index contributed by atoms with van der Waals surface area (Å²) in [5, 5.41) is 1.07. The molecule has 0 spiro atoms. The van der Waals surface area contributed by atoms with Crippen molar-refractivity contribution in [2.45, 2.75) is 47.1 Å². The van der Waals surface area contributed by atoms with Crippen LogP contribution in [0.2, 0.25) is 0 Å². The van der Waals surface area contributed by atoms with Crippen molar-refractivity contribution >= 4 is 27.8 Å². The maximum Gasteiger partial charge on any atom is 2.00 e. The van der Waals surface area contributed by atoms with Crippen molar-refractivity contribution in [3.8, 4) is 0 Å². The van der Waals surface area contributed by atoms with Crippen molar-refractivity contribution in [1.82, 2.24) is 19.5 Å². The molecule has 3 heterocycles. The standard InChI is InChI=1S/C14H15N4.C10H14.C5H5N.CH3.Ru/c1-9(2)7-18-8-16-12-13(18)10-5-3-4-6-11(10)17-14(12)15;1-8(2)10-6-4-9(3)5-7-10;1-2-4-6-5-3-1;;/h3-6,8-9H,7H2,1-2H3,(H-,15,17);4-8H,1-3H3;1-5H;1H3;/q-1;;;-1;+2. The third-order valence-corrected chi connectivity index (χ3v) is 5.33. The second kappa shape index (κ2) is 15.1. The molecule has 0 atom stereocenters. The SMILES string of the molecule is CC(C)Cn1cnc2c([NH-])nc3ccccc3c21.Cc1ccc(C(C)C)cc1.[CH3-].[Ru+2].c1ccncc1. The van der Waals surface area contributed by atoms with E-state index in [2.05, 4.69) is 78.4 Å². The van der Waals surface area contributed by atoms with Gasteiger partial charge < -0.3 is 22.7 Å². The van der Waals surface area contributed by atoms with Gasteiger partial charge in [-0.25, -0.2) is 4.98 Å². The van der Waals surface area contributed by atoms with Crippen molar-refractivity contribution in [2.24, 2.45) is 5.92 Å². The summed E-state index contributed by atoms with van der Waals surface area (Å²) >= 11 is 0. The summed E-state index contributed by atoms with van der Waals surface area (Å²) in [6.45, 7) is 11.8. The average Bonchev–Trinajstić information content (AvgIpc) is 3.25. The molecule has 0 unspecified atom stereocenters. The minimum absolute atomic E-state index is 0.